The molecule has 0 saturated carbocycles. The number of hydrogen-bond donors (Lipinski definition) is 1. The normalized spacial score (nSPS) is 10.8. The van der Waals surface area contributed by atoms with E-state index in [1.807, 2.05) is 0 Å². The highest BCUT2D eigenvalue weighted by Gasteiger charge is 2.22. The molecule has 2 aromatic heterocycles. The Morgan fingerprint density at radius 2 is 2.04 bits per heavy atom. The van der Waals surface area contributed by atoms with Gasteiger partial charge in [0.05, 0.1) is 17.3 Å². The van der Waals surface area contributed by atoms with E-state index >= 15 is 0 Å². The van der Waals surface area contributed by atoms with Gasteiger partial charge in [0.2, 0.25) is 0 Å². The maximum absolute atomic E-state index is 13.0. The maximum atomic E-state index is 13.0. The second-order valence-corrected chi connectivity index (χ2v) is 7.26. The summed E-state index contributed by atoms with van der Waals surface area (Å²) in [6, 6.07) is 13.9. The fraction of sp³-hybridized carbons (Fsp3) is 0.111. The number of pyridine rings is 1. The fourth-order valence-electron chi connectivity index (χ4n) is 2.57. The van der Waals surface area contributed by atoms with Crippen LogP contribution in [0.2, 0.25) is 0 Å². The Hall–Kier alpha value is -2.66. The number of hydrogen-bond acceptors (Lipinski definition) is 5. The third-order valence-electron chi connectivity index (χ3n) is 3.70. The van der Waals surface area contributed by atoms with E-state index in [0.29, 0.717) is 23.4 Å². The van der Waals surface area contributed by atoms with Gasteiger partial charge in [0.25, 0.3) is 10.0 Å². The second kappa shape index (κ2) is 8.15. The van der Waals surface area contributed by atoms with Crippen molar-refractivity contribution in [3.05, 3.63) is 72.2 Å². The Kier molecular flexibility index (Phi) is 6.16. The first-order valence-corrected chi connectivity index (χ1v) is 9.02. The Morgan fingerprint density at radius 1 is 1.23 bits per heavy atom. The molecular weight excluding hydrogens is 372 g/mol. The number of aromatic nitrogens is 2. The van der Waals surface area contributed by atoms with Crippen LogP contribution in [-0.2, 0) is 16.6 Å². The highest BCUT2D eigenvalue weighted by molar-refractivity contribution is 7.90. The fourth-order valence-corrected chi connectivity index (χ4v) is 3.93. The van der Waals surface area contributed by atoms with Gasteiger partial charge in [0.15, 0.2) is 0 Å². The van der Waals surface area contributed by atoms with Crippen LogP contribution in [0, 0.1) is 11.3 Å². The van der Waals surface area contributed by atoms with E-state index in [-0.39, 0.29) is 17.3 Å². The minimum atomic E-state index is -3.79. The van der Waals surface area contributed by atoms with E-state index in [2.05, 4.69) is 16.4 Å². The number of nitriles is 1. The Morgan fingerprint density at radius 3 is 2.69 bits per heavy atom. The lowest BCUT2D eigenvalue weighted by molar-refractivity contribution is 0.587. The molecule has 26 heavy (non-hydrogen) atoms. The molecule has 0 aliphatic rings. The first kappa shape index (κ1) is 19.7. The molecule has 0 unspecified atom stereocenters. The van der Waals surface area contributed by atoms with Gasteiger partial charge in [-0.1, -0.05) is 12.1 Å². The summed E-state index contributed by atoms with van der Waals surface area (Å²) < 4.78 is 27.3. The summed E-state index contributed by atoms with van der Waals surface area (Å²) in [7, 11) is -2.00. The van der Waals surface area contributed by atoms with E-state index in [1.54, 1.807) is 49.6 Å². The predicted molar refractivity (Wildman–Crippen MR) is 101 cm³/mol. The largest absolute Gasteiger partial charge is 0.316 e. The van der Waals surface area contributed by atoms with Crippen LogP contribution in [0.1, 0.15) is 11.1 Å². The van der Waals surface area contributed by atoms with E-state index in [9.17, 15) is 8.42 Å². The summed E-state index contributed by atoms with van der Waals surface area (Å²) in [6.07, 6.45) is 4.44. The minimum Gasteiger partial charge on any atom is -0.316 e. The molecule has 1 N–H and O–H groups in total. The van der Waals surface area contributed by atoms with Crippen LogP contribution in [0.25, 0.3) is 11.3 Å². The topological polar surface area (TPSA) is 87.8 Å². The second-order valence-electron chi connectivity index (χ2n) is 5.45. The Balaban J connectivity index is 0.00000243. The average molecular weight is 389 g/mol. The molecule has 0 saturated heterocycles. The van der Waals surface area contributed by atoms with Gasteiger partial charge < -0.3 is 5.32 Å². The molecule has 8 heteroatoms. The molecule has 0 atom stereocenters. The van der Waals surface area contributed by atoms with Crippen molar-refractivity contribution in [3.8, 4) is 17.3 Å². The number of nitrogens with one attached hydrogen (secondary N) is 1. The molecule has 0 radical (unpaired) electrons. The summed E-state index contributed by atoms with van der Waals surface area (Å²) in [6.45, 7) is 0.528. The zero-order valence-corrected chi connectivity index (χ0v) is 15.6. The van der Waals surface area contributed by atoms with Crippen LogP contribution in [0.3, 0.4) is 0 Å². The Bertz CT molecular complexity index is 1040. The van der Waals surface area contributed by atoms with E-state index in [0.717, 1.165) is 5.56 Å². The van der Waals surface area contributed by atoms with Crippen LogP contribution in [-0.4, -0.2) is 24.4 Å². The van der Waals surface area contributed by atoms with Gasteiger partial charge in [-0.3, -0.25) is 4.98 Å². The monoisotopic (exact) mass is 388 g/mol. The van der Waals surface area contributed by atoms with Crippen molar-refractivity contribution in [2.24, 2.45) is 0 Å². The van der Waals surface area contributed by atoms with E-state index < -0.39 is 10.0 Å². The van der Waals surface area contributed by atoms with Gasteiger partial charge in [0.1, 0.15) is 4.90 Å². The molecule has 0 aliphatic heterocycles. The molecule has 3 aromatic rings. The van der Waals surface area contributed by atoms with Crippen LogP contribution in [0.4, 0.5) is 0 Å². The third-order valence-corrected chi connectivity index (χ3v) is 5.36. The van der Waals surface area contributed by atoms with Gasteiger partial charge in [-0.2, -0.15) is 5.26 Å². The lowest BCUT2D eigenvalue weighted by Crippen LogP contribution is -2.13. The average Bonchev–Trinajstić information content (AvgIpc) is 3.08. The highest BCUT2D eigenvalue weighted by Crippen LogP contribution is 2.27. The molecule has 134 valence electrons. The summed E-state index contributed by atoms with van der Waals surface area (Å²) in [5.74, 6) is 0. The maximum Gasteiger partial charge on any atom is 0.269 e. The van der Waals surface area contributed by atoms with Crippen LogP contribution in [0.5, 0.6) is 0 Å². The molecule has 0 amide bonds. The number of nitrogens with zero attached hydrogens (tertiary/aromatic N) is 3. The van der Waals surface area contributed by atoms with Gasteiger partial charge in [-0.25, -0.2) is 12.4 Å². The number of halogens is 1. The summed E-state index contributed by atoms with van der Waals surface area (Å²) in [5.41, 5.74) is 2.46. The highest BCUT2D eigenvalue weighted by atomic mass is 35.5. The molecule has 2 heterocycles. The third kappa shape index (κ3) is 3.78. The van der Waals surface area contributed by atoms with E-state index in [1.165, 1.54) is 22.4 Å². The molecule has 1 aromatic carbocycles. The van der Waals surface area contributed by atoms with Crippen molar-refractivity contribution >= 4 is 22.4 Å². The van der Waals surface area contributed by atoms with Crippen molar-refractivity contribution in [1.82, 2.24) is 14.3 Å². The van der Waals surface area contributed by atoms with Crippen molar-refractivity contribution < 1.29 is 8.42 Å². The molecule has 0 bridgehead atoms. The van der Waals surface area contributed by atoms with Crippen molar-refractivity contribution in [3.63, 3.8) is 0 Å². The van der Waals surface area contributed by atoms with Crippen LogP contribution < -0.4 is 5.32 Å². The van der Waals surface area contributed by atoms with Crippen molar-refractivity contribution in [2.75, 3.05) is 7.05 Å². The summed E-state index contributed by atoms with van der Waals surface area (Å²) in [5, 5.41) is 12.1. The lowest BCUT2D eigenvalue weighted by atomic mass is 10.1. The van der Waals surface area contributed by atoms with Gasteiger partial charge >= 0.3 is 0 Å². The first-order chi connectivity index (χ1) is 12.1. The van der Waals surface area contributed by atoms with Gasteiger partial charge in [-0.15, -0.1) is 12.4 Å². The van der Waals surface area contributed by atoms with E-state index in [4.69, 9.17) is 5.26 Å². The quantitative estimate of drug-likeness (QED) is 0.726. The van der Waals surface area contributed by atoms with Crippen molar-refractivity contribution in [2.45, 2.75) is 11.4 Å². The molecule has 0 fully saturated rings. The summed E-state index contributed by atoms with van der Waals surface area (Å²) >= 11 is 0. The van der Waals surface area contributed by atoms with Gasteiger partial charge in [0, 0.05) is 30.7 Å². The molecule has 6 nitrogen and oxygen atoms in total. The Labute approximate surface area is 158 Å². The lowest BCUT2D eigenvalue weighted by Gasteiger charge is -2.10. The zero-order chi connectivity index (χ0) is 17.9. The molecular formula is C18H17ClN4O2S. The van der Waals surface area contributed by atoms with Gasteiger partial charge in [-0.05, 0) is 42.9 Å². The van der Waals surface area contributed by atoms with Crippen LogP contribution in [0.15, 0.2) is 66.0 Å². The predicted octanol–water partition coefficient (Wildman–Crippen LogP) is 2.80. The van der Waals surface area contributed by atoms with Crippen LogP contribution >= 0.6 is 12.4 Å². The molecule has 0 aliphatic carbocycles. The molecule has 3 rings (SSSR count). The standard InChI is InChI=1S/C18H16N4O2S.ClH/c1-20-11-15-9-18(16-5-2-4-14(8-16)10-19)22(13-15)25(23,24)17-6-3-7-21-12-17;/h2-9,12-13,20H,11H2,1H3;1H. The molecule has 0 spiro atoms. The zero-order valence-electron chi connectivity index (χ0n) is 14.0. The smallest absolute Gasteiger partial charge is 0.269 e. The number of rotatable bonds is 5. The first-order valence-electron chi connectivity index (χ1n) is 7.58. The summed E-state index contributed by atoms with van der Waals surface area (Å²) in [4.78, 5) is 4.01. The number of benzene rings is 1. The van der Waals surface area contributed by atoms with Crippen molar-refractivity contribution in [1.29, 1.82) is 5.26 Å². The minimum absolute atomic E-state index is 0. The SMILES string of the molecule is CNCc1cc(-c2cccc(C#N)c2)n(S(=O)(=O)c2cccnc2)c1.Cl.